The number of esters is 1. The molecule has 132 valence electrons. The van der Waals surface area contributed by atoms with Crippen LogP contribution in [0.4, 0.5) is 0 Å². The van der Waals surface area contributed by atoms with E-state index in [1.54, 1.807) is 30.3 Å². The molecule has 0 spiro atoms. The SMILES string of the molecule is O=C(Cn1cnc2ccccc2c1=O)Oc1ccc(-c2ccccc2)cc1. The summed E-state index contributed by atoms with van der Waals surface area (Å²) in [7, 11) is 0. The van der Waals surface area contributed by atoms with E-state index in [0.717, 1.165) is 11.1 Å². The maximum Gasteiger partial charge on any atom is 0.331 e. The van der Waals surface area contributed by atoms with E-state index in [9.17, 15) is 9.59 Å². The fraction of sp³-hybridized carbons (Fsp3) is 0.0455. The molecule has 27 heavy (non-hydrogen) atoms. The Morgan fingerprint density at radius 1 is 0.852 bits per heavy atom. The van der Waals surface area contributed by atoms with E-state index in [1.807, 2.05) is 48.5 Å². The number of rotatable bonds is 4. The molecule has 0 bridgehead atoms. The Morgan fingerprint density at radius 2 is 1.52 bits per heavy atom. The Kier molecular flexibility index (Phi) is 4.49. The van der Waals surface area contributed by atoms with E-state index in [0.29, 0.717) is 16.7 Å². The minimum atomic E-state index is -0.526. The monoisotopic (exact) mass is 356 g/mol. The van der Waals surface area contributed by atoms with Crippen LogP contribution in [0.25, 0.3) is 22.0 Å². The quantitative estimate of drug-likeness (QED) is 0.413. The third-order valence-electron chi connectivity index (χ3n) is 4.22. The van der Waals surface area contributed by atoms with Crippen LogP contribution in [0.3, 0.4) is 0 Å². The maximum absolute atomic E-state index is 12.4. The second-order valence-electron chi connectivity index (χ2n) is 6.06. The third-order valence-corrected chi connectivity index (χ3v) is 4.22. The first-order valence-corrected chi connectivity index (χ1v) is 8.51. The summed E-state index contributed by atoms with van der Waals surface area (Å²) in [6.07, 6.45) is 1.37. The molecule has 0 atom stereocenters. The molecule has 0 aliphatic heterocycles. The molecule has 0 saturated heterocycles. The Balaban J connectivity index is 1.48. The normalized spacial score (nSPS) is 10.7. The lowest BCUT2D eigenvalue weighted by Gasteiger charge is -2.08. The van der Waals surface area contributed by atoms with E-state index in [4.69, 9.17) is 4.74 Å². The van der Waals surface area contributed by atoms with Gasteiger partial charge in [0.2, 0.25) is 0 Å². The van der Waals surface area contributed by atoms with Crippen LogP contribution in [0.15, 0.2) is 90.0 Å². The van der Waals surface area contributed by atoms with Crippen molar-refractivity contribution in [2.45, 2.75) is 6.54 Å². The summed E-state index contributed by atoms with van der Waals surface area (Å²) < 4.78 is 6.60. The molecule has 0 N–H and O–H groups in total. The average molecular weight is 356 g/mol. The molecule has 0 saturated carbocycles. The summed E-state index contributed by atoms with van der Waals surface area (Å²) >= 11 is 0. The zero-order chi connectivity index (χ0) is 18.6. The largest absolute Gasteiger partial charge is 0.425 e. The Hall–Kier alpha value is -3.73. The van der Waals surface area contributed by atoms with Crippen molar-refractivity contribution in [3.63, 3.8) is 0 Å². The van der Waals surface area contributed by atoms with E-state index < -0.39 is 5.97 Å². The highest BCUT2D eigenvalue weighted by molar-refractivity contribution is 5.78. The van der Waals surface area contributed by atoms with Gasteiger partial charge in [0.1, 0.15) is 12.3 Å². The van der Waals surface area contributed by atoms with Gasteiger partial charge in [-0.3, -0.25) is 9.36 Å². The van der Waals surface area contributed by atoms with Gasteiger partial charge < -0.3 is 4.74 Å². The molecule has 5 heteroatoms. The molecule has 0 aliphatic rings. The highest BCUT2D eigenvalue weighted by atomic mass is 16.5. The lowest BCUT2D eigenvalue weighted by molar-refractivity contribution is -0.135. The molecule has 0 unspecified atom stereocenters. The molecular formula is C22H16N2O3. The molecule has 1 aromatic heterocycles. The van der Waals surface area contributed by atoms with Gasteiger partial charge in [-0.1, -0.05) is 54.6 Å². The van der Waals surface area contributed by atoms with Gasteiger partial charge in [-0.25, -0.2) is 9.78 Å². The average Bonchev–Trinajstić information content (AvgIpc) is 2.71. The number of hydrogen-bond donors (Lipinski definition) is 0. The van der Waals surface area contributed by atoms with Crippen LogP contribution in [0.2, 0.25) is 0 Å². The van der Waals surface area contributed by atoms with Crippen LogP contribution in [0, 0.1) is 0 Å². The van der Waals surface area contributed by atoms with Gasteiger partial charge in [0.05, 0.1) is 17.2 Å². The Bertz CT molecular complexity index is 1150. The lowest BCUT2D eigenvalue weighted by atomic mass is 10.1. The number of para-hydroxylation sites is 1. The van der Waals surface area contributed by atoms with E-state index in [1.165, 1.54) is 10.9 Å². The van der Waals surface area contributed by atoms with E-state index in [-0.39, 0.29) is 12.1 Å². The first kappa shape index (κ1) is 16.7. The van der Waals surface area contributed by atoms with Crippen LogP contribution >= 0.6 is 0 Å². The molecule has 0 amide bonds. The topological polar surface area (TPSA) is 61.2 Å². The molecule has 3 aromatic carbocycles. The van der Waals surface area contributed by atoms with Crippen molar-refractivity contribution in [3.05, 3.63) is 95.5 Å². The zero-order valence-corrected chi connectivity index (χ0v) is 14.4. The second kappa shape index (κ2) is 7.25. The lowest BCUT2D eigenvalue weighted by Crippen LogP contribution is -2.26. The summed E-state index contributed by atoms with van der Waals surface area (Å²) in [4.78, 5) is 28.9. The first-order valence-electron chi connectivity index (χ1n) is 8.51. The molecule has 1 heterocycles. The molecule has 4 aromatic rings. The van der Waals surface area contributed by atoms with E-state index >= 15 is 0 Å². The van der Waals surface area contributed by atoms with Gasteiger partial charge in [-0.15, -0.1) is 0 Å². The fourth-order valence-corrected chi connectivity index (χ4v) is 2.87. The minimum Gasteiger partial charge on any atom is -0.425 e. The third kappa shape index (κ3) is 3.62. The summed E-state index contributed by atoms with van der Waals surface area (Å²) in [5, 5.41) is 0.472. The van der Waals surface area contributed by atoms with Crippen molar-refractivity contribution in [2.75, 3.05) is 0 Å². The highest BCUT2D eigenvalue weighted by Gasteiger charge is 2.10. The van der Waals surface area contributed by atoms with Crippen molar-refractivity contribution < 1.29 is 9.53 Å². The maximum atomic E-state index is 12.4. The molecule has 5 nitrogen and oxygen atoms in total. The van der Waals surface area contributed by atoms with Crippen LogP contribution in [-0.2, 0) is 11.3 Å². The highest BCUT2D eigenvalue weighted by Crippen LogP contribution is 2.22. The first-order chi connectivity index (χ1) is 13.2. The van der Waals surface area contributed by atoms with E-state index in [2.05, 4.69) is 4.98 Å². The summed E-state index contributed by atoms with van der Waals surface area (Å²) in [6, 6.07) is 24.2. The molecule has 0 radical (unpaired) electrons. The second-order valence-corrected chi connectivity index (χ2v) is 6.06. The number of nitrogens with zero attached hydrogens (tertiary/aromatic N) is 2. The minimum absolute atomic E-state index is 0.197. The van der Waals surface area contributed by atoms with Gasteiger partial charge in [0.15, 0.2) is 0 Å². The van der Waals surface area contributed by atoms with Crippen LogP contribution < -0.4 is 10.3 Å². The fourth-order valence-electron chi connectivity index (χ4n) is 2.87. The Labute approximate surface area is 155 Å². The predicted octanol–water partition coefficient (Wildman–Crippen LogP) is 3.67. The van der Waals surface area contributed by atoms with Gasteiger partial charge in [0.25, 0.3) is 5.56 Å². The van der Waals surface area contributed by atoms with Crippen LogP contribution in [-0.4, -0.2) is 15.5 Å². The molecule has 0 aliphatic carbocycles. The molecule has 0 fully saturated rings. The standard InChI is InChI=1S/C22H16N2O3/c25-21(14-24-15-23-20-9-5-4-8-19(20)22(24)26)27-18-12-10-17(11-13-18)16-6-2-1-3-7-16/h1-13,15H,14H2. The number of carbonyl (C=O) groups excluding carboxylic acids is 1. The Morgan fingerprint density at radius 3 is 2.30 bits per heavy atom. The number of ether oxygens (including phenoxy) is 1. The number of aromatic nitrogens is 2. The zero-order valence-electron chi connectivity index (χ0n) is 14.4. The smallest absolute Gasteiger partial charge is 0.331 e. The van der Waals surface area contributed by atoms with Gasteiger partial charge >= 0.3 is 5.97 Å². The van der Waals surface area contributed by atoms with Crippen molar-refractivity contribution in [1.29, 1.82) is 0 Å². The van der Waals surface area contributed by atoms with Gasteiger partial charge in [0, 0.05) is 0 Å². The van der Waals surface area contributed by atoms with Crippen molar-refractivity contribution in [2.24, 2.45) is 0 Å². The molecular weight excluding hydrogens is 340 g/mol. The van der Waals surface area contributed by atoms with Crippen LogP contribution in [0.5, 0.6) is 5.75 Å². The van der Waals surface area contributed by atoms with Crippen LogP contribution in [0.1, 0.15) is 0 Å². The predicted molar refractivity (Wildman–Crippen MR) is 104 cm³/mol. The van der Waals surface area contributed by atoms with Crippen molar-refractivity contribution in [1.82, 2.24) is 9.55 Å². The summed E-state index contributed by atoms with van der Waals surface area (Å²) in [6.45, 7) is -0.197. The summed E-state index contributed by atoms with van der Waals surface area (Å²) in [5.41, 5.74) is 2.45. The number of benzene rings is 3. The van der Waals surface area contributed by atoms with Gasteiger partial charge in [-0.2, -0.15) is 0 Å². The number of fused-ring (bicyclic) bond motifs is 1. The van der Waals surface area contributed by atoms with Gasteiger partial charge in [-0.05, 0) is 35.4 Å². The summed E-state index contributed by atoms with van der Waals surface area (Å²) in [5.74, 6) is -0.0943. The van der Waals surface area contributed by atoms with Crippen molar-refractivity contribution in [3.8, 4) is 16.9 Å². The van der Waals surface area contributed by atoms with Crippen molar-refractivity contribution >= 4 is 16.9 Å². The number of hydrogen-bond acceptors (Lipinski definition) is 4. The number of carbonyl (C=O) groups is 1. The molecule has 4 rings (SSSR count).